The van der Waals surface area contributed by atoms with Crippen LogP contribution in [0.5, 0.6) is 0 Å². The smallest absolute Gasteiger partial charge is 0.303 e. The Hall–Kier alpha value is -4.60. The Morgan fingerprint density at radius 3 is 2.21 bits per heavy atom. The molecule has 2 aliphatic rings. The van der Waals surface area contributed by atoms with Crippen LogP contribution in [0.25, 0.3) is 10.9 Å². The maximum absolute atomic E-state index is 12.9. The van der Waals surface area contributed by atoms with E-state index < -0.39 is 54.5 Å². The number of nitrogens with one attached hydrogen (secondary N) is 2. The summed E-state index contributed by atoms with van der Waals surface area (Å²) in [6.07, 6.45) is 0.983. The third-order valence-corrected chi connectivity index (χ3v) is 8.43. The topological polar surface area (TPSA) is 172 Å². The molecular weight excluding hydrogens is 624 g/mol. The number of esters is 3. The largest absolute Gasteiger partial charge is 0.456 e. The number of hydroxylamine groups is 1. The maximum atomic E-state index is 12.9. The van der Waals surface area contributed by atoms with Gasteiger partial charge in [-0.05, 0) is 43.9 Å². The number of hydrogen-bond donors (Lipinski definition) is 2. The van der Waals surface area contributed by atoms with Crippen LogP contribution in [-0.4, -0.2) is 88.7 Å². The molecule has 0 spiro atoms. The molecule has 1 amide bonds. The number of ether oxygens (including phenoxy) is 4. The number of nitrogens with zero attached hydrogens (tertiary/aromatic N) is 4. The predicted molar refractivity (Wildman–Crippen MR) is 171 cm³/mol. The van der Waals surface area contributed by atoms with Gasteiger partial charge in [0.2, 0.25) is 12.2 Å². The minimum atomic E-state index is -1.40. The highest BCUT2D eigenvalue weighted by Gasteiger charge is 2.51. The molecule has 3 aromatic rings. The van der Waals surface area contributed by atoms with Crippen LogP contribution >= 0.6 is 0 Å². The molecule has 2 aromatic heterocycles. The number of carbonyl (C=O) groups excluding carboxylic acids is 4. The van der Waals surface area contributed by atoms with Gasteiger partial charge < -0.3 is 33.7 Å². The normalized spacial score (nSPS) is 23.0. The molecule has 5 rings (SSSR count). The number of para-hydroxylation sites is 1. The summed E-state index contributed by atoms with van der Waals surface area (Å²) in [5.74, 6) is -1.72. The van der Waals surface area contributed by atoms with E-state index in [-0.39, 0.29) is 5.56 Å². The first-order valence-electron chi connectivity index (χ1n) is 15.9. The van der Waals surface area contributed by atoms with Gasteiger partial charge in [0.25, 0.3) is 5.91 Å². The Bertz CT molecular complexity index is 1600. The number of aryl methyl sites for hydroxylation is 1. The van der Waals surface area contributed by atoms with Gasteiger partial charge in [-0.15, -0.1) is 0 Å². The van der Waals surface area contributed by atoms with Crippen molar-refractivity contribution in [3.8, 4) is 0 Å². The Morgan fingerprint density at radius 1 is 0.917 bits per heavy atom. The zero-order chi connectivity index (χ0) is 34.4. The summed E-state index contributed by atoms with van der Waals surface area (Å²) in [4.78, 5) is 64.7. The van der Waals surface area contributed by atoms with Crippen molar-refractivity contribution in [1.29, 1.82) is 0 Å². The molecule has 2 saturated heterocycles. The number of fused-ring (bicyclic) bond motifs is 1. The lowest BCUT2D eigenvalue weighted by Gasteiger charge is -2.42. The van der Waals surface area contributed by atoms with E-state index in [4.69, 9.17) is 23.8 Å². The first-order chi connectivity index (χ1) is 23.0. The molecule has 15 nitrogen and oxygen atoms in total. The number of benzene rings is 1. The Morgan fingerprint density at radius 2 is 1.54 bits per heavy atom. The third kappa shape index (κ3) is 8.45. The Balaban J connectivity index is 1.11. The number of aromatic nitrogens is 3. The molecule has 0 unspecified atom stereocenters. The maximum Gasteiger partial charge on any atom is 0.303 e. The number of piperidine rings is 1. The van der Waals surface area contributed by atoms with Gasteiger partial charge in [0.15, 0.2) is 18.3 Å². The van der Waals surface area contributed by atoms with Crippen molar-refractivity contribution in [1.82, 2.24) is 25.3 Å². The van der Waals surface area contributed by atoms with Gasteiger partial charge in [-0.2, -0.15) is 0 Å². The molecule has 15 heteroatoms. The monoisotopic (exact) mass is 666 g/mol. The van der Waals surface area contributed by atoms with Crippen LogP contribution in [0.4, 0.5) is 5.95 Å². The van der Waals surface area contributed by atoms with Gasteiger partial charge >= 0.3 is 17.9 Å². The van der Waals surface area contributed by atoms with Crippen molar-refractivity contribution in [2.24, 2.45) is 13.0 Å². The summed E-state index contributed by atoms with van der Waals surface area (Å²) < 4.78 is 23.9. The van der Waals surface area contributed by atoms with Crippen molar-refractivity contribution in [2.45, 2.75) is 77.8 Å². The molecule has 1 aromatic carbocycles. The van der Waals surface area contributed by atoms with Crippen LogP contribution in [0.2, 0.25) is 0 Å². The average Bonchev–Trinajstić information content (AvgIpc) is 3.38. The number of carbonyl (C=O) groups is 4. The van der Waals surface area contributed by atoms with Crippen LogP contribution < -0.4 is 15.7 Å². The lowest BCUT2D eigenvalue weighted by atomic mass is 9.97. The molecular formula is C33H42N6O9. The van der Waals surface area contributed by atoms with Crippen molar-refractivity contribution < 1.29 is 43.0 Å². The van der Waals surface area contributed by atoms with Crippen molar-refractivity contribution in [3.05, 3.63) is 54.0 Å². The van der Waals surface area contributed by atoms with E-state index in [1.54, 1.807) is 6.92 Å². The van der Waals surface area contributed by atoms with Gasteiger partial charge in [0, 0.05) is 76.9 Å². The second-order valence-electron chi connectivity index (χ2n) is 12.1. The van der Waals surface area contributed by atoms with E-state index in [0.29, 0.717) is 11.9 Å². The van der Waals surface area contributed by atoms with Crippen LogP contribution in [-0.2, 0) is 51.8 Å². The van der Waals surface area contributed by atoms with Crippen LogP contribution in [0.1, 0.15) is 56.5 Å². The van der Waals surface area contributed by atoms with Crippen molar-refractivity contribution in [2.75, 3.05) is 24.5 Å². The molecule has 48 heavy (non-hydrogen) atoms. The van der Waals surface area contributed by atoms with E-state index in [2.05, 4.69) is 67.7 Å². The van der Waals surface area contributed by atoms with Crippen LogP contribution in [0.3, 0.4) is 0 Å². The standard InChI is InChI=1S/C33H42N6O9/c1-19-28(45-20(2)40)29(46-21(3)41)30(47-22(4)42)32(44-19)48-37-31(43)24-16-35-33(36-17-24)39-12-10-23(11-13-39)14-34-15-25-18-38(5)27-9-7-6-8-26(25)27/h6-9,16-19,23,28-30,32,34H,10-15H2,1-5H3,(H,37,43)/t19-,28+,29+,30-,32-/m0/s1. The van der Waals surface area contributed by atoms with Gasteiger partial charge in [0.1, 0.15) is 0 Å². The van der Waals surface area contributed by atoms with Gasteiger partial charge in [-0.1, -0.05) is 18.2 Å². The molecule has 0 radical (unpaired) electrons. The van der Waals surface area contributed by atoms with Crippen molar-refractivity contribution in [3.63, 3.8) is 0 Å². The summed E-state index contributed by atoms with van der Waals surface area (Å²) in [6.45, 7) is 8.37. The number of anilines is 1. The summed E-state index contributed by atoms with van der Waals surface area (Å²) in [5.41, 5.74) is 4.90. The molecule has 2 fully saturated rings. The summed E-state index contributed by atoms with van der Waals surface area (Å²) >= 11 is 0. The zero-order valence-corrected chi connectivity index (χ0v) is 27.7. The summed E-state index contributed by atoms with van der Waals surface area (Å²) in [5, 5.41) is 4.90. The predicted octanol–water partition coefficient (Wildman–Crippen LogP) is 2.18. The van der Waals surface area contributed by atoms with E-state index >= 15 is 0 Å². The van der Waals surface area contributed by atoms with Gasteiger partial charge in [-0.3, -0.25) is 19.2 Å². The fourth-order valence-electron chi connectivity index (χ4n) is 6.15. The minimum absolute atomic E-state index is 0.119. The SMILES string of the molecule is CC(=O)O[C@H]1[C@H](OC(C)=O)[C@H](ONC(=O)c2cnc(N3CCC(CNCc4cn(C)c5ccccc45)CC3)nc2)O[C@@H](C)[C@H]1OC(C)=O. The molecule has 0 saturated carbocycles. The highest BCUT2D eigenvalue weighted by molar-refractivity contribution is 5.92. The second-order valence-corrected chi connectivity index (χ2v) is 12.1. The fourth-order valence-corrected chi connectivity index (χ4v) is 6.15. The minimum Gasteiger partial charge on any atom is -0.456 e. The average molecular weight is 667 g/mol. The molecule has 4 heterocycles. The zero-order valence-electron chi connectivity index (χ0n) is 27.7. The van der Waals surface area contributed by atoms with E-state index in [9.17, 15) is 19.2 Å². The van der Waals surface area contributed by atoms with Crippen LogP contribution in [0.15, 0.2) is 42.9 Å². The highest BCUT2D eigenvalue weighted by atomic mass is 16.8. The molecule has 5 atom stereocenters. The van der Waals surface area contributed by atoms with Gasteiger partial charge in [0.05, 0.1) is 11.7 Å². The summed E-state index contributed by atoms with van der Waals surface area (Å²) in [6, 6.07) is 8.41. The Kier molecular flexibility index (Phi) is 11.2. The molecule has 258 valence electrons. The molecule has 0 bridgehead atoms. The number of rotatable bonds is 11. The highest BCUT2D eigenvalue weighted by Crippen LogP contribution is 2.29. The molecule has 2 N–H and O–H groups in total. The van der Waals surface area contributed by atoms with Gasteiger partial charge in [-0.25, -0.2) is 20.3 Å². The second kappa shape index (κ2) is 15.5. The van der Waals surface area contributed by atoms with E-state index in [1.807, 2.05) is 0 Å². The molecule has 2 aliphatic heterocycles. The lowest BCUT2D eigenvalue weighted by molar-refractivity contribution is -0.310. The van der Waals surface area contributed by atoms with E-state index in [0.717, 1.165) is 52.9 Å². The first-order valence-corrected chi connectivity index (χ1v) is 15.9. The Labute approximate surface area is 278 Å². The summed E-state index contributed by atoms with van der Waals surface area (Å²) in [7, 11) is 2.07. The lowest BCUT2D eigenvalue weighted by Crippen LogP contribution is -2.62. The van der Waals surface area contributed by atoms with E-state index in [1.165, 1.54) is 35.8 Å². The van der Waals surface area contributed by atoms with Crippen molar-refractivity contribution >= 4 is 40.7 Å². The first kappa shape index (κ1) is 34.7. The number of hydrogen-bond acceptors (Lipinski definition) is 13. The third-order valence-electron chi connectivity index (χ3n) is 8.43. The quantitative estimate of drug-likeness (QED) is 0.173. The van der Waals surface area contributed by atoms with Crippen LogP contribution in [0, 0.1) is 5.92 Å². The fraction of sp³-hybridized carbons (Fsp3) is 0.515. The number of amides is 1. The molecule has 0 aliphatic carbocycles.